The van der Waals surface area contributed by atoms with E-state index in [1.165, 1.54) is 16.2 Å². The van der Waals surface area contributed by atoms with Crippen LogP contribution in [0.2, 0.25) is 0 Å². The second-order valence-electron chi connectivity index (χ2n) is 3.94. The summed E-state index contributed by atoms with van der Waals surface area (Å²) in [7, 11) is 0. The number of hydrogen-bond acceptors (Lipinski definition) is 4. The van der Waals surface area contributed by atoms with Gasteiger partial charge in [-0.1, -0.05) is 23.9 Å². The van der Waals surface area contributed by atoms with Crippen LogP contribution < -0.4 is 5.73 Å². The number of nitrogens with two attached hydrogens (primary N) is 1. The average molecular weight is 231 g/mol. The molecular weight excluding hydrogens is 218 g/mol. The Morgan fingerprint density at radius 1 is 1.31 bits per heavy atom. The summed E-state index contributed by atoms with van der Waals surface area (Å²) in [4.78, 5) is 8.10. The maximum Gasteiger partial charge on any atom is 0.168 e. The number of nitrogens with zero attached hydrogens (tertiary/aromatic N) is 2. The molecule has 1 aromatic rings. The summed E-state index contributed by atoms with van der Waals surface area (Å²) in [6.07, 6.45) is 0. The van der Waals surface area contributed by atoms with E-state index < -0.39 is 0 Å². The van der Waals surface area contributed by atoms with Gasteiger partial charge in [0.25, 0.3) is 0 Å². The predicted molar refractivity (Wildman–Crippen MR) is 70.0 cm³/mol. The summed E-state index contributed by atoms with van der Waals surface area (Å²) in [6, 6.07) is 8.06. The maximum absolute atomic E-state index is 5.71. The van der Waals surface area contributed by atoms with E-state index >= 15 is 0 Å². The molecule has 0 saturated carbocycles. The molecule has 0 bridgehead atoms. The highest BCUT2D eigenvalue weighted by Gasteiger charge is 2.30. The Hall–Kier alpha value is -1.42. The maximum atomic E-state index is 5.71. The zero-order valence-corrected chi connectivity index (χ0v) is 9.92. The summed E-state index contributed by atoms with van der Waals surface area (Å²) in [5.41, 5.74) is 9.04. The van der Waals surface area contributed by atoms with Crippen LogP contribution in [0.15, 0.2) is 34.2 Å². The van der Waals surface area contributed by atoms with Gasteiger partial charge < -0.3 is 10.6 Å². The molecule has 0 saturated heterocycles. The van der Waals surface area contributed by atoms with Crippen LogP contribution >= 0.6 is 11.8 Å². The Balaban J connectivity index is 2.03. The molecule has 1 aromatic carbocycles. The first-order valence-electron chi connectivity index (χ1n) is 5.32. The van der Waals surface area contributed by atoms with Gasteiger partial charge in [0.1, 0.15) is 0 Å². The lowest BCUT2D eigenvalue weighted by atomic mass is 10.1. The van der Waals surface area contributed by atoms with Gasteiger partial charge in [0.15, 0.2) is 5.17 Å². The van der Waals surface area contributed by atoms with Crippen LogP contribution in [0.25, 0.3) is 5.70 Å². The van der Waals surface area contributed by atoms with Gasteiger partial charge in [-0.15, -0.1) is 0 Å². The zero-order valence-electron chi connectivity index (χ0n) is 9.10. The highest BCUT2D eigenvalue weighted by atomic mass is 32.2. The molecule has 0 atom stereocenters. The van der Waals surface area contributed by atoms with Crippen molar-refractivity contribution < 1.29 is 0 Å². The van der Waals surface area contributed by atoms with Gasteiger partial charge in [-0.25, -0.2) is 0 Å². The SMILES string of the molecule is CC1=C(c2ccc(N)cc2)N2CCN=C2S1. The molecule has 82 valence electrons. The van der Waals surface area contributed by atoms with Gasteiger partial charge in [-0.3, -0.25) is 4.99 Å². The summed E-state index contributed by atoms with van der Waals surface area (Å²) >= 11 is 1.77. The Morgan fingerprint density at radius 2 is 2.06 bits per heavy atom. The smallest absolute Gasteiger partial charge is 0.168 e. The van der Waals surface area contributed by atoms with Crippen molar-refractivity contribution >= 4 is 28.3 Å². The van der Waals surface area contributed by atoms with E-state index in [-0.39, 0.29) is 0 Å². The van der Waals surface area contributed by atoms with E-state index in [0.717, 1.165) is 23.9 Å². The van der Waals surface area contributed by atoms with Gasteiger partial charge in [-0.05, 0) is 24.6 Å². The number of benzene rings is 1. The van der Waals surface area contributed by atoms with Crippen molar-refractivity contribution in [2.75, 3.05) is 18.8 Å². The fourth-order valence-electron chi connectivity index (χ4n) is 2.10. The number of rotatable bonds is 1. The number of fused-ring (bicyclic) bond motifs is 1. The zero-order chi connectivity index (χ0) is 11.1. The second kappa shape index (κ2) is 3.56. The molecule has 4 heteroatoms. The minimum absolute atomic E-state index is 0.808. The van der Waals surface area contributed by atoms with Gasteiger partial charge in [0, 0.05) is 17.1 Å². The van der Waals surface area contributed by atoms with E-state index in [2.05, 4.69) is 28.9 Å². The highest BCUT2D eigenvalue weighted by Crippen LogP contribution is 2.41. The molecule has 2 heterocycles. The van der Waals surface area contributed by atoms with E-state index in [1.54, 1.807) is 11.8 Å². The Labute approximate surface area is 99.0 Å². The van der Waals surface area contributed by atoms with Crippen LogP contribution in [0.4, 0.5) is 5.69 Å². The molecule has 3 nitrogen and oxygen atoms in total. The summed E-state index contributed by atoms with van der Waals surface area (Å²) in [5.74, 6) is 0. The van der Waals surface area contributed by atoms with E-state index in [0.29, 0.717) is 0 Å². The Kier molecular flexibility index (Phi) is 2.17. The second-order valence-corrected chi connectivity index (χ2v) is 5.13. The molecule has 16 heavy (non-hydrogen) atoms. The van der Waals surface area contributed by atoms with Gasteiger partial charge in [0.05, 0.1) is 12.2 Å². The van der Waals surface area contributed by atoms with Crippen LogP contribution in [0.3, 0.4) is 0 Å². The molecule has 0 aliphatic carbocycles. The molecule has 0 radical (unpaired) electrons. The fourth-order valence-corrected chi connectivity index (χ4v) is 3.14. The third-order valence-electron chi connectivity index (χ3n) is 2.83. The molecule has 0 fully saturated rings. The topological polar surface area (TPSA) is 41.6 Å². The third-order valence-corrected chi connectivity index (χ3v) is 3.87. The van der Waals surface area contributed by atoms with Crippen molar-refractivity contribution in [1.29, 1.82) is 0 Å². The lowest BCUT2D eigenvalue weighted by Crippen LogP contribution is -2.19. The quantitative estimate of drug-likeness (QED) is 0.754. The van der Waals surface area contributed by atoms with Crippen LogP contribution in [-0.2, 0) is 0 Å². The highest BCUT2D eigenvalue weighted by molar-refractivity contribution is 8.17. The molecule has 2 N–H and O–H groups in total. The summed E-state index contributed by atoms with van der Waals surface area (Å²) in [5, 5.41) is 1.14. The third kappa shape index (κ3) is 1.41. The lowest BCUT2D eigenvalue weighted by Gasteiger charge is -2.17. The summed E-state index contributed by atoms with van der Waals surface area (Å²) < 4.78 is 0. The van der Waals surface area contributed by atoms with Crippen LogP contribution in [0.5, 0.6) is 0 Å². The summed E-state index contributed by atoms with van der Waals surface area (Å²) in [6.45, 7) is 4.06. The fraction of sp³-hybridized carbons (Fsp3) is 0.250. The average Bonchev–Trinajstić information content (AvgIpc) is 2.79. The van der Waals surface area contributed by atoms with Gasteiger partial charge in [-0.2, -0.15) is 0 Å². The number of anilines is 1. The Bertz CT molecular complexity index is 487. The Morgan fingerprint density at radius 3 is 2.81 bits per heavy atom. The van der Waals surface area contributed by atoms with Crippen LogP contribution in [-0.4, -0.2) is 23.2 Å². The van der Waals surface area contributed by atoms with Crippen LogP contribution in [0, 0.1) is 0 Å². The monoisotopic (exact) mass is 231 g/mol. The van der Waals surface area contributed by atoms with E-state index in [4.69, 9.17) is 5.73 Å². The van der Waals surface area contributed by atoms with Crippen LogP contribution in [0.1, 0.15) is 12.5 Å². The lowest BCUT2D eigenvalue weighted by molar-refractivity contribution is 0.648. The molecule has 0 spiro atoms. The normalized spacial score (nSPS) is 19.1. The molecule has 2 aliphatic heterocycles. The first-order valence-corrected chi connectivity index (χ1v) is 6.14. The number of aliphatic imine (C=N–C) groups is 1. The number of nitrogen functional groups attached to an aromatic ring is 1. The minimum atomic E-state index is 0.808. The largest absolute Gasteiger partial charge is 0.399 e. The standard InChI is InChI=1S/C12H13N3S/c1-8-11(9-2-4-10(13)5-3-9)15-7-6-14-12(15)16-8/h2-5H,6-7,13H2,1H3. The molecule has 0 amide bonds. The van der Waals surface area contributed by atoms with Gasteiger partial charge in [0.2, 0.25) is 0 Å². The number of thioether (sulfide) groups is 1. The number of amidine groups is 1. The predicted octanol–water partition coefficient (Wildman–Crippen LogP) is 2.38. The van der Waals surface area contributed by atoms with Crippen molar-refractivity contribution in [2.45, 2.75) is 6.92 Å². The first kappa shape index (κ1) is 9.78. The van der Waals surface area contributed by atoms with Gasteiger partial charge >= 0.3 is 0 Å². The molecule has 3 rings (SSSR count). The van der Waals surface area contributed by atoms with Crippen molar-refractivity contribution in [1.82, 2.24) is 4.90 Å². The molecule has 0 unspecified atom stereocenters. The van der Waals surface area contributed by atoms with E-state index in [9.17, 15) is 0 Å². The van der Waals surface area contributed by atoms with E-state index in [1.807, 2.05) is 12.1 Å². The first-order chi connectivity index (χ1) is 7.75. The van der Waals surface area contributed by atoms with Crippen molar-refractivity contribution in [3.05, 3.63) is 34.7 Å². The molecular formula is C12H13N3S. The minimum Gasteiger partial charge on any atom is -0.399 e. The van der Waals surface area contributed by atoms with Crippen molar-refractivity contribution in [3.8, 4) is 0 Å². The van der Waals surface area contributed by atoms with Crippen molar-refractivity contribution in [3.63, 3.8) is 0 Å². The number of allylic oxidation sites excluding steroid dienone is 1. The molecule has 2 aliphatic rings. The number of hydrogen-bond donors (Lipinski definition) is 1. The van der Waals surface area contributed by atoms with Crippen molar-refractivity contribution in [2.24, 2.45) is 4.99 Å². The molecule has 0 aromatic heterocycles.